The molecule has 0 radical (unpaired) electrons. The van der Waals surface area contributed by atoms with Crippen LogP contribution in [-0.2, 0) is 11.3 Å². The van der Waals surface area contributed by atoms with E-state index in [0.29, 0.717) is 30.1 Å². The van der Waals surface area contributed by atoms with Gasteiger partial charge in [-0.2, -0.15) is 0 Å². The third kappa shape index (κ3) is 2.23. The fourth-order valence-electron chi connectivity index (χ4n) is 1.60. The number of hydrogen-bond acceptors (Lipinski definition) is 6. The first-order valence-corrected chi connectivity index (χ1v) is 5.49. The molecule has 2 heterocycles. The molecule has 96 valence electrons. The van der Waals surface area contributed by atoms with Gasteiger partial charge in [0.05, 0.1) is 6.33 Å². The van der Waals surface area contributed by atoms with Crippen LogP contribution in [-0.4, -0.2) is 50.5 Å². The second-order valence-electron chi connectivity index (χ2n) is 3.91. The Morgan fingerprint density at radius 3 is 2.94 bits per heavy atom. The van der Waals surface area contributed by atoms with Crippen molar-refractivity contribution in [3.05, 3.63) is 12.7 Å². The number of fused-ring (bicyclic) bond motifs is 1. The lowest BCUT2D eigenvalue weighted by atomic mass is 10.4. The Morgan fingerprint density at radius 1 is 1.44 bits per heavy atom. The number of aromatic nitrogens is 4. The summed E-state index contributed by atoms with van der Waals surface area (Å²) in [6, 6.07) is 0. The highest BCUT2D eigenvalue weighted by Gasteiger charge is 2.13. The molecule has 0 aliphatic rings. The molecule has 0 unspecified atom stereocenters. The van der Waals surface area contributed by atoms with E-state index in [0.717, 1.165) is 0 Å². The number of nitrogens with zero attached hydrogens (tertiary/aromatic N) is 5. The Labute approximate surface area is 104 Å². The van der Waals surface area contributed by atoms with Crippen molar-refractivity contribution in [3.63, 3.8) is 0 Å². The standard InChI is InChI=1S/C10H15N7O/c1-16(3-2-11)7(18)4-17-6-15-8-9(12)13-5-14-10(8)17/h5-6H,2-4,11H2,1H3,(H2,12,13,14). The Hall–Kier alpha value is -2.22. The molecular weight excluding hydrogens is 234 g/mol. The minimum atomic E-state index is -0.0584. The van der Waals surface area contributed by atoms with Crippen molar-refractivity contribution in [2.45, 2.75) is 6.54 Å². The maximum Gasteiger partial charge on any atom is 0.242 e. The number of rotatable bonds is 4. The van der Waals surface area contributed by atoms with Gasteiger partial charge < -0.3 is 20.9 Å². The summed E-state index contributed by atoms with van der Waals surface area (Å²) in [6.45, 7) is 1.11. The minimum absolute atomic E-state index is 0.0584. The van der Waals surface area contributed by atoms with Gasteiger partial charge in [-0.05, 0) is 0 Å². The van der Waals surface area contributed by atoms with Crippen LogP contribution < -0.4 is 11.5 Å². The number of amides is 1. The van der Waals surface area contributed by atoms with E-state index >= 15 is 0 Å². The van der Waals surface area contributed by atoms with Gasteiger partial charge in [0.2, 0.25) is 5.91 Å². The molecule has 18 heavy (non-hydrogen) atoms. The summed E-state index contributed by atoms with van der Waals surface area (Å²) in [7, 11) is 1.71. The second kappa shape index (κ2) is 4.96. The zero-order chi connectivity index (χ0) is 13.1. The minimum Gasteiger partial charge on any atom is -0.382 e. The van der Waals surface area contributed by atoms with Gasteiger partial charge in [0, 0.05) is 20.1 Å². The number of carbonyl (C=O) groups is 1. The first-order valence-electron chi connectivity index (χ1n) is 5.49. The van der Waals surface area contributed by atoms with Gasteiger partial charge in [-0.25, -0.2) is 15.0 Å². The third-order valence-electron chi connectivity index (χ3n) is 2.63. The van der Waals surface area contributed by atoms with E-state index in [4.69, 9.17) is 11.5 Å². The molecule has 0 aromatic carbocycles. The average molecular weight is 249 g/mol. The summed E-state index contributed by atoms with van der Waals surface area (Å²) in [5, 5.41) is 0. The second-order valence-corrected chi connectivity index (χ2v) is 3.91. The van der Waals surface area contributed by atoms with Crippen LogP contribution in [0, 0.1) is 0 Å². The van der Waals surface area contributed by atoms with Gasteiger partial charge >= 0.3 is 0 Å². The zero-order valence-electron chi connectivity index (χ0n) is 10.1. The SMILES string of the molecule is CN(CCN)C(=O)Cn1cnc2c(N)ncnc21. The highest BCUT2D eigenvalue weighted by atomic mass is 16.2. The molecule has 0 spiro atoms. The van der Waals surface area contributed by atoms with E-state index < -0.39 is 0 Å². The summed E-state index contributed by atoms with van der Waals surface area (Å²) in [5.41, 5.74) is 12.1. The zero-order valence-corrected chi connectivity index (χ0v) is 10.1. The molecule has 4 N–H and O–H groups in total. The van der Waals surface area contributed by atoms with Gasteiger partial charge in [0.25, 0.3) is 0 Å². The summed E-state index contributed by atoms with van der Waals surface area (Å²) >= 11 is 0. The van der Waals surface area contributed by atoms with E-state index in [1.807, 2.05) is 0 Å². The molecule has 1 amide bonds. The van der Waals surface area contributed by atoms with Crippen molar-refractivity contribution in [1.82, 2.24) is 24.4 Å². The van der Waals surface area contributed by atoms with Crippen molar-refractivity contribution in [2.75, 3.05) is 25.9 Å². The maximum absolute atomic E-state index is 11.9. The number of carbonyl (C=O) groups excluding carboxylic acids is 1. The van der Waals surface area contributed by atoms with E-state index in [-0.39, 0.29) is 12.5 Å². The molecular formula is C10H15N7O. The number of anilines is 1. The van der Waals surface area contributed by atoms with E-state index in [9.17, 15) is 4.79 Å². The summed E-state index contributed by atoms with van der Waals surface area (Å²) in [6.07, 6.45) is 2.88. The van der Waals surface area contributed by atoms with Crippen LogP contribution in [0.25, 0.3) is 11.2 Å². The molecule has 0 atom stereocenters. The fourth-order valence-corrected chi connectivity index (χ4v) is 1.60. The van der Waals surface area contributed by atoms with Crippen LogP contribution in [0.3, 0.4) is 0 Å². The third-order valence-corrected chi connectivity index (χ3v) is 2.63. The Bertz CT molecular complexity index is 564. The van der Waals surface area contributed by atoms with Gasteiger partial charge in [-0.15, -0.1) is 0 Å². The molecule has 2 aromatic rings. The summed E-state index contributed by atoms with van der Waals surface area (Å²) < 4.78 is 1.64. The smallest absolute Gasteiger partial charge is 0.242 e. The molecule has 2 aromatic heterocycles. The van der Waals surface area contributed by atoms with Gasteiger partial charge in [0.15, 0.2) is 11.5 Å². The van der Waals surface area contributed by atoms with Crippen molar-refractivity contribution < 1.29 is 4.79 Å². The highest BCUT2D eigenvalue weighted by Crippen LogP contribution is 2.13. The van der Waals surface area contributed by atoms with Crippen LogP contribution in [0.2, 0.25) is 0 Å². The van der Waals surface area contributed by atoms with Gasteiger partial charge in [0.1, 0.15) is 18.4 Å². The lowest BCUT2D eigenvalue weighted by molar-refractivity contribution is -0.130. The van der Waals surface area contributed by atoms with Crippen LogP contribution in [0.5, 0.6) is 0 Å². The number of nitrogens with two attached hydrogens (primary N) is 2. The summed E-state index contributed by atoms with van der Waals surface area (Å²) in [4.78, 5) is 25.5. The average Bonchev–Trinajstić information content (AvgIpc) is 2.74. The Kier molecular flexibility index (Phi) is 3.38. The molecule has 0 fully saturated rings. The van der Waals surface area contributed by atoms with Crippen molar-refractivity contribution >= 4 is 22.9 Å². The lowest BCUT2D eigenvalue weighted by Gasteiger charge is -2.16. The fraction of sp³-hybridized carbons (Fsp3) is 0.400. The van der Waals surface area contributed by atoms with E-state index in [2.05, 4.69) is 15.0 Å². The molecule has 0 bridgehead atoms. The number of nitrogen functional groups attached to an aromatic ring is 1. The van der Waals surface area contributed by atoms with Gasteiger partial charge in [-0.3, -0.25) is 4.79 Å². The molecule has 8 nitrogen and oxygen atoms in total. The van der Waals surface area contributed by atoms with E-state index in [1.165, 1.54) is 12.7 Å². The van der Waals surface area contributed by atoms with E-state index in [1.54, 1.807) is 16.5 Å². The van der Waals surface area contributed by atoms with Crippen LogP contribution in [0.4, 0.5) is 5.82 Å². The molecule has 0 aliphatic heterocycles. The Morgan fingerprint density at radius 2 is 2.22 bits per heavy atom. The van der Waals surface area contributed by atoms with Crippen LogP contribution in [0.1, 0.15) is 0 Å². The van der Waals surface area contributed by atoms with Crippen molar-refractivity contribution in [3.8, 4) is 0 Å². The largest absolute Gasteiger partial charge is 0.382 e. The molecule has 0 saturated heterocycles. The predicted octanol–water partition coefficient (Wildman–Crippen LogP) is -1.17. The first-order chi connectivity index (χ1) is 8.63. The molecule has 8 heteroatoms. The van der Waals surface area contributed by atoms with Crippen molar-refractivity contribution in [1.29, 1.82) is 0 Å². The normalized spacial score (nSPS) is 10.8. The lowest BCUT2D eigenvalue weighted by Crippen LogP contribution is -2.34. The summed E-state index contributed by atoms with van der Waals surface area (Å²) in [5.74, 6) is 0.249. The molecule has 0 aliphatic carbocycles. The number of imidazole rings is 1. The van der Waals surface area contributed by atoms with Crippen LogP contribution in [0.15, 0.2) is 12.7 Å². The molecule has 0 saturated carbocycles. The van der Waals surface area contributed by atoms with Crippen molar-refractivity contribution in [2.24, 2.45) is 5.73 Å². The van der Waals surface area contributed by atoms with Gasteiger partial charge in [-0.1, -0.05) is 0 Å². The number of likely N-dealkylation sites (N-methyl/N-ethyl adjacent to an activating group) is 1. The Balaban J connectivity index is 2.22. The van der Waals surface area contributed by atoms with Crippen LogP contribution >= 0.6 is 0 Å². The number of hydrogen-bond donors (Lipinski definition) is 2. The first kappa shape index (κ1) is 12.2. The molecule has 2 rings (SSSR count). The predicted molar refractivity (Wildman–Crippen MR) is 66.4 cm³/mol. The maximum atomic E-state index is 11.9. The quantitative estimate of drug-likeness (QED) is 0.705. The highest BCUT2D eigenvalue weighted by molar-refractivity contribution is 5.83. The monoisotopic (exact) mass is 249 g/mol. The topological polar surface area (TPSA) is 116 Å².